The van der Waals surface area contributed by atoms with Crippen molar-refractivity contribution in [2.75, 3.05) is 11.9 Å². The fourth-order valence-corrected chi connectivity index (χ4v) is 3.02. The molecule has 1 amide bonds. The lowest BCUT2D eigenvalue weighted by Crippen LogP contribution is -2.11. The van der Waals surface area contributed by atoms with Crippen LogP contribution in [0.25, 0.3) is 11.3 Å². The number of hydrogen-bond acceptors (Lipinski definition) is 6. The monoisotopic (exact) mass is 369 g/mol. The van der Waals surface area contributed by atoms with Crippen molar-refractivity contribution in [3.05, 3.63) is 69.6 Å². The number of thiazole rings is 1. The molecule has 3 rings (SSSR count). The molecule has 0 unspecified atom stereocenters. The molecule has 3 aromatic rings. The summed E-state index contributed by atoms with van der Waals surface area (Å²) in [5.74, 6) is 0.354. The lowest BCUT2D eigenvalue weighted by atomic mass is 10.1. The van der Waals surface area contributed by atoms with Gasteiger partial charge in [-0.15, -0.1) is 11.3 Å². The highest BCUT2D eigenvalue weighted by Crippen LogP contribution is 2.32. The van der Waals surface area contributed by atoms with Crippen LogP contribution < -0.4 is 10.1 Å². The molecule has 0 fully saturated rings. The van der Waals surface area contributed by atoms with Gasteiger partial charge in [-0.3, -0.25) is 20.2 Å². The van der Waals surface area contributed by atoms with Gasteiger partial charge in [-0.2, -0.15) is 0 Å². The molecule has 1 heterocycles. The molecule has 8 heteroatoms. The van der Waals surface area contributed by atoms with Crippen molar-refractivity contribution in [2.24, 2.45) is 0 Å². The van der Waals surface area contributed by atoms with Gasteiger partial charge in [0.25, 0.3) is 11.6 Å². The first kappa shape index (κ1) is 17.6. The number of non-ortho nitro benzene ring substituents is 1. The molecule has 0 aliphatic carbocycles. The van der Waals surface area contributed by atoms with Gasteiger partial charge < -0.3 is 4.74 Å². The van der Waals surface area contributed by atoms with Crippen molar-refractivity contribution in [2.45, 2.75) is 6.92 Å². The molecule has 26 heavy (non-hydrogen) atoms. The van der Waals surface area contributed by atoms with E-state index in [-0.39, 0.29) is 11.6 Å². The number of nitro benzene ring substituents is 1. The maximum Gasteiger partial charge on any atom is 0.269 e. The Morgan fingerprint density at radius 2 is 1.96 bits per heavy atom. The third-order valence-electron chi connectivity index (χ3n) is 3.53. The lowest BCUT2D eigenvalue weighted by Gasteiger charge is -2.07. The number of carbonyl (C=O) groups excluding carboxylic acids is 1. The number of aromatic nitrogens is 1. The number of benzene rings is 2. The third kappa shape index (κ3) is 3.86. The second-order valence-corrected chi connectivity index (χ2v) is 6.08. The summed E-state index contributed by atoms with van der Waals surface area (Å²) in [7, 11) is 0. The van der Waals surface area contributed by atoms with E-state index in [4.69, 9.17) is 4.74 Å². The number of amides is 1. The van der Waals surface area contributed by atoms with E-state index in [1.165, 1.54) is 35.6 Å². The van der Waals surface area contributed by atoms with E-state index in [0.717, 1.165) is 11.3 Å². The van der Waals surface area contributed by atoms with Crippen molar-refractivity contribution in [3.8, 4) is 17.0 Å². The summed E-state index contributed by atoms with van der Waals surface area (Å²) in [5.41, 5.74) is 1.81. The summed E-state index contributed by atoms with van der Waals surface area (Å²) < 4.78 is 5.60. The Balaban J connectivity index is 1.76. The Labute approximate surface area is 153 Å². The molecule has 7 nitrogen and oxygen atoms in total. The molecule has 132 valence electrons. The van der Waals surface area contributed by atoms with Gasteiger partial charge >= 0.3 is 0 Å². The predicted molar refractivity (Wildman–Crippen MR) is 99.8 cm³/mol. The number of nitro groups is 1. The largest absolute Gasteiger partial charge is 0.493 e. The number of anilines is 1. The molecule has 0 radical (unpaired) electrons. The van der Waals surface area contributed by atoms with Gasteiger partial charge in [0, 0.05) is 28.6 Å². The number of hydrogen-bond donors (Lipinski definition) is 1. The van der Waals surface area contributed by atoms with Crippen molar-refractivity contribution in [1.82, 2.24) is 4.98 Å². The van der Waals surface area contributed by atoms with E-state index in [2.05, 4.69) is 10.3 Å². The molecule has 0 aliphatic rings. The van der Waals surface area contributed by atoms with Crippen LogP contribution in [0.1, 0.15) is 17.3 Å². The molecular weight excluding hydrogens is 354 g/mol. The third-order valence-corrected chi connectivity index (χ3v) is 4.29. The van der Waals surface area contributed by atoms with Crippen molar-refractivity contribution in [3.63, 3.8) is 0 Å². The summed E-state index contributed by atoms with van der Waals surface area (Å²) in [6.07, 6.45) is 0. The molecule has 0 bridgehead atoms. The van der Waals surface area contributed by atoms with Crippen LogP contribution in [-0.2, 0) is 0 Å². The normalized spacial score (nSPS) is 10.3. The van der Waals surface area contributed by atoms with Gasteiger partial charge in [0.2, 0.25) is 0 Å². The van der Waals surface area contributed by atoms with E-state index >= 15 is 0 Å². The Kier molecular flexibility index (Phi) is 5.23. The maximum absolute atomic E-state index is 12.3. The molecule has 1 aromatic heterocycles. The molecule has 0 saturated carbocycles. The number of para-hydroxylation sites is 1. The van der Waals surface area contributed by atoms with Crippen LogP contribution in [-0.4, -0.2) is 22.4 Å². The van der Waals surface area contributed by atoms with Crippen LogP contribution in [0.3, 0.4) is 0 Å². The summed E-state index contributed by atoms with van der Waals surface area (Å²) in [6, 6.07) is 13.0. The molecule has 0 spiro atoms. The van der Waals surface area contributed by atoms with Crippen LogP contribution in [0, 0.1) is 10.1 Å². The lowest BCUT2D eigenvalue weighted by molar-refractivity contribution is -0.384. The fourth-order valence-electron chi connectivity index (χ4n) is 2.32. The second kappa shape index (κ2) is 7.75. The Bertz CT molecular complexity index is 938. The minimum absolute atomic E-state index is 0.0642. The molecule has 1 N–H and O–H groups in total. The van der Waals surface area contributed by atoms with Gasteiger partial charge in [-0.25, -0.2) is 4.98 Å². The van der Waals surface area contributed by atoms with E-state index in [1.807, 2.05) is 36.6 Å². The minimum Gasteiger partial charge on any atom is -0.493 e. The number of nitrogens with zero attached hydrogens (tertiary/aromatic N) is 2. The number of ether oxygens (including phenoxy) is 1. The first-order chi connectivity index (χ1) is 12.6. The van der Waals surface area contributed by atoms with Crippen LogP contribution in [0.5, 0.6) is 5.75 Å². The smallest absolute Gasteiger partial charge is 0.269 e. The van der Waals surface area contributed by atoms with E-state index in [1.54, 1.807) is 0 Å². The Morgan fingerprint density at radius 3 is 2.65 bits per heavy atom. The average Bonchev–Trinajstić information content (AvgIpc) is 3.11. The molecular formula is C18H15N3O4S. The number of nitrogens with one attached hydrogen (secondary N) is 1. The van der Waals surface area contributed by atoms with E-state index in [9.17, 15) is 14.9 Å². The maximum atomic E-state index is 12.3. The second-order valence-electron chi connectivity index (χ2n) is 5.23. The topological polar surface area (TPSA) is 94.4 Å². The first-order valence-corrected chi connectivity index (χ1v) is 8.70. The quantitative estimate of drug-likeness (QED) is 0.514. The van der Waals surface area contributed by atoms with Gasteiger partial charge in [0.15, 0.2) is 5.13 Å². The standard InChI is InChI=1S/C18H15N3O4S/c1-2-25-16-6-4-3-5-14(16)15-11-26-18(19-15)20-17(22)12-7-9-13(10-8-12)21(23)24/h3-11H,2H2,1H3,(H,19,20,22). The Hall–Kier alpha value is -3.26. The highest BCUT2D eigenvalue weighted by Gasteiger charge is 2.13. The number of rotatable bonds is 6. The van der Waals surface area contributed by atoms with Crippen molar-refractivity contribution >= 4 is 28.1 Å². The van der Waals surface area contributed by atoms with Gasteiger partial charge in [0.05, 0.1) is 17.2 Å². The molecule has 0 aliphatic heterocycles. The van der Waals surface area contributed by atoms with Gasteiger partial charge in [0.1, 0.15) is 5.75 Å². The zero-order valence-corrected chi connectivity index (χ0v) is 14.7. The van der Waals surface area contributed by atoms with Crippen LogP contribution >= 0.6 is 11.3 Å². The fraction of sp³-hybridized carbons (Fsp3) is 0.111. The minimum atomic E-state index is -0.509. The Morgan fingerprint density at radius 1 is 1.23 bits per heavy atom. The molecule has 0 atom stereocenters. The highest BCUT2D eigenvalue weighted by molar-refractivity contribution is 7.14. The summed E-state index contributed by atoms with van der Waals surface area (Å²) in [6.45, 7) is 2.46. The van der Waals surface area contributed by atoms with Gasteiger partial charge in [-0.05, 0) is 31.2 Å². The van der Waals surface area contributed by atoms with Crippen LogP contribution in [0.4, 0.5) is 10.8 Å². The summed E-state index contributed by atoms with van der Waals surface area (Å²) in [4.78, 5) is 26.9. The first-order valence-electron chi connectivity index (χ1n) is 7.82. The van der Waals surface area contributed by atoms with Crippen LogP contribution in [0.15, 0.2) is 53.9 Å². The molecule has 0 saturated heterocycles. The average molecular weight is 369 g/mol. The molecule has 2 aromatic carbocycles. The summed E-state index contributed by atoms with van der Waals surface area (Å²) >= 11 is 1.30. The van der Waals surface area contributed by atoms with E-state index < -0.39 is 4.92 Å². The highest BCUT2D eigenvalue weighted by atomic mass is 32.1. The van der Waals surface area contributed by atoms with Crippen LogP contribution in [0.2, 0.25) is 0 Å². The SMILES string of the molecule is CCOc1ccccc1-c1csc(NC(=O)c2ccc([N+](=O)[O-])cc2)n1. The van der Waals surface area contributed by atoms with E-state index in [0.29, 0.717) is 23.0 Å². The summed E-state index contributed by atoms with van der Waals surface area (Å²) in [5, 5.41) is 15.7. The predicted octanol–water partition coefficient (Wildman–Crippen LogP) is 4.37. The zero-order chi connectivity index (χ0) is 18.5. The zero-order valence-electron chi connectivity index (χ0n) is 13.8. The van der Waals surface area contributed by atoms with Gasteiger partial charge in [-0.1, -0.05) is 12.1 Å². The van der Waals surface area contributed by atoms with Crippen molar-refractivity contribution in [1.29, 1.82) is 0 Å². The van der Waals surface area contributed by atoms with Crippen molar-refractivity contribution < 1.29 is 14.5 Å². The number of carbonyl (C=O) groups is 1.